The van der Waals surface area contributed by atoms with E-state index >= 15 is 0 Å². The largest absolute Gasteiger partial charge is 0.497 e. The molecule has 0 spiro atoms. The Kier molecular flexibility index (Phi) is 28.0. The number of ether oxygens (including phenoxy) is 11. The molecule has 0 radical (unpaired) electrons. The molecule has 27 heteroatoms. The molecule has 2 heterocycles. The maximum Gasteiger partial charge on any atom is 0.416 e. The van der Waals surface area contributed by atoms with Crippen molar-refractivity contribution in [1.82, 2.24) is 10.6 Å². The Morgan fingerprint density at radius 1 is 0.495 bits per heavy atom. The Bertz CT molecular complexity index is 3790. The average Bonchev–Trinajstić information content (AvgIpc) is 0.763. The minimum atomic E-state index is -4.80. The first-order valence-electron chi connectivity index (χ1n) is 33.4. The van der Waals surface area contributed by atoms with Crippen molar-refractivity contribution in [1.29, 1.82) is 0 Å². The number of alkyl halides is 6. The first-order valence-corrected chi connectivity index (χ1v) is 33.4. The average molecular weight is 1410 g/mol. The number of anilines is 4. The van der Waals surface area contributed by atoms with Crippen LogP contribution in [-0.4, -0.2) is 122 Å². The second kappa shape index (κ2) is 37.1. The molecule has 0 saturated carbocycles. The standard InChI is InChI=1S/C74H86F6N6O15/c1-6-7-8-9-10-11-12-13-36-81-62-63(66(88)65(62)87)85-61-59(44-95-39-46-20-28-54(91-2)29-21-46)97-43-58(84-71(89)82-52-18-14-16-50(37-52)73(75,76)77)67(61)101-70-64(86-72(90)83-53-19-15-17-51(38-53)74(78,79)80)69(99-42-49-26-34-57(94-5)35-27-49)68(98-41-48-24-32-56(93-4)33-25-48)60(100-70)45-96-40-47-22-30-55(92-3)31-23-47/h14-35,37-38,58-61,64,67-70,81,85H,6-13,36,39-45H2,1-5H3,(H2,82,84,89)(H2,83,86,90)/t58?,59?,60?,61-,64?,67+,68-,69+,70-/m0/s1. The number of halogens is 6. The van der Waals surface area contributed by atoms with Crippen molar-refractivity contribution in [2.24, 2.45) is 0 Å². The van der Waals surface area contributed by atoms with Gasteiger partial charge >= 0.3 is 24.4 Å². The van der Waals surface area contributed by atoms with Gasteiger partial charge in [-0.05, 0) is 114 Å². The van der Waals surface area contributed by atoms with E-state index in [4.69, 9.17) is 52.1 Å². The van der Waals surface area contributed by atoms with Crippen molar-refractivity contribution < 1.29 is 88.0 Å². The third-order valence-electron chi connectivity index (χ3n) is 17.3. The third kappa shape index (κ3) is 22.0. The number of hydrogen-bond acceptors (Lipinski definition) is 17. The van der Waals surface area contributed by atoms with Crippen LogP contribution in [0, 0.1) is 0 Å². The van der Waals surface area contributed by atoms with E-state index in [1.165, 1.54) is 40.6 Å². The van der Waals surface area contributed by atoms with Crippen LogP contribution >= 0.6 is 0 Å². The van der Waals surface area contributed by atoms with Crippen molar-refractivity contribution in [3.8, 4) is 23.0 Å². The molecule has 6 N–H and O–H groups in total. The lowest BCUT2D eigenvalue weighted by atomic mass is 9.92. The number of unbranched alkanes of at least 4 members (excludes halogenated alkanes) is 7. The van der Waals surface area contributed by atoms with Gasteiger partial charge in [0.1, 0.15) is 70.9 Å². The third-order valence-corrected chi connectivity index (χ3v) is 17.3. The Balaban J connectivity index is 1.16. The number of urea groups is 2. The first-order chi connectivity index (χ1) is 48.7. The Morgan fingerprint density at radius 3 is 1.41 bits per heavy atom. The number of benzene rings is 6. The number of carbonyl (C=O) groups is 2. The molecule has 0 aromatic heterocycles. The van der Waals surface area contributed by atoms with E-state index in [-0.39, 0.29) is 62.4 Å². The fraction of sp³-hybridized carbons (Fsp3) is 0.432. The van der Waals surface area contributed by atoms with E-state index in [9.17, 15) is 45.5 Å². The van der Waals surface area contributed by atoms with Gasteiger partial charge in [0.15, 0.2) is 6.29 Å². The molecule has 7 aromatic carbocycles. The SMILES string of the molecule is CCCCCCCCCCNc1c(N[C@H]2C(COCc3ccc(OC)cc3)OCC(NC(=O)Nc3cccc(C(F)(F)F)c3)[C@H]2O[C@@H]2OC(COCc3ccc(OC)cc3)[C@H](OCc3ccc(OC)cc3)[C@H](OCc3ccc(OC)cc3)C2NC(=O)Nc2cccc(C(F)(F)F)c2)c(=O)c1=O. The van der Waals surface area contributed by atoms with Crippen molar-refractivity contribution >= 4 is 34.8 Å². The summed E-state index contributed by atoms with van der Waals surface area (Å²) in [7, 11) is 6.08. The molecule has 4 amide bonds. The van der Waals surface area contributed by atoms with E-state index in [0.717, 1.165) is 92.5 Å². The number of amides is 4. The summed E-state index contributed by atoms with van der Waals surface area (Å²) in [5.41, 5.74) is -1.85. The number of carbonyl (C=O) groups excluding carboxylic acids is 2. The van der Waals surface area contributed by atoms with Gasteiger partial charge in [0, 0.05) is 17.9 Å². The zero-order valence-corrected chi connectivity index (χ0v) is 56.8. The second-order valence-electron chi connectivity index (χ2n) is 24.5. The predicted molar refractivity (Wildman–Crippen MR) is 366 cm³/mol. The highest BCUT2D eigenvalue weighted by molar-refractivity contribution is 5.90. The molecule has 4 unspecified atom stereocenters. The van der Waals surface area contributed by atoms with Gasteiger partial charge in [0.2, 0.25) is 0 Å². The summed E-state index contributed by atoms with van der Waals surface area (Å²) in [6.45, 7) is 1.22. The topological polar surface area (TPSA) is 242 Å². The molecule has 101 heavy (non-hydrogen) atoms. The van der Waals surface area contributed by atoms with Gasteiger partial charge in [-0.2, -0.15) is 26.3 Å². The van der Waals surface area contributed by atoms with Crippen LogP contribution in [0.25, 0.3) is 0 Å². The smallest absolute Gasteiger partial charge is 0.416 e. The fourth-order valence-corrected chi connectivity index (χ4v) is 11.8. The normalized spacial score (nSPS) is 20.0. The minimum absolute atomic E-state index is 0.00739. The van der Waals surface area contributed by atoms with Gasteiger partial charge < -0.3 is 84.0 Å². The molecule has 2 aliphatic rings. The molecule has 544 valence electrons. The van der Waals surface area contributed by atoms with Crippen LogP contribution in [0.5, 0.6) is 23.0 Å². The van der Waals surface area contributed by atoms with Gasteiger partial charge in [-0.1, -0.05) is 113 Å². The summed E-state index contributed by atoms with van der Waals surface area (Å²) in [6, 6.07) is 29.5. The number of nitrogens with one attached hydrogen (secondary N) is 6. The molecule has 9 rings (SSSR count). The Morgan fingerprint density at radius 2 is 0.931 bits per heavy atom. The molecule has 0 bridgehead atoms. The van der Waals surface area contributed by atoms with Gasteiger partial charge in [-0.3, -0.25) is 9.59 Å². The lowest BCUT2D eigenvalue weighted by molar-refractivity contribution is -0.307. The van der Waals surface area contributed by atoms with E-state index in [2.05, 4.69) is 38.8 Å². The summed E-state index contributed by atoms with van der Waals surface area (Å²) in [6.07, 6.45) is -9.95. The maximum atomic E-state index is 14.9. The van der Waals surface area contributed by atoms with Crippen molar-refractivity contribution in [3.63, 3.8) is 0 Å². The summed E-state index contributed by atoms with van der Waals surface area (Å²) in [5.74, 6) is 2.26. The van der Waals surface area contributed by atoms with Crippen molar-refractivity contribution in [3.05, 3.63) is 199 Å². The molecule has 2 fully saturated rings. The molecule has 9 atom stereocenters. The van der Waals surface area contributed by atoms with Crippen LogP contribution in [0.3, 0.4) is 0 Å². The van der Waals surface area contributed by atoms with Crippen LogP contribution in [0.1, 0.15) is 91.7 Å². The monoisotopic (exact) mass is 1410 g/mol. The van der Waals surface area contributed by atoms with Crippen LogP contribution in [0.15, 0.2) is 155 Å². The van der Waals surface area contributed by atoms with Crippen LogP contribution in [-0.2, 0) is 71.9 Å². The van der Waals surface area contributed by atoms with Crippen molar-refractivity contribution in [2.45, 2.75) is 152 Å². The van der Waals surface area contributed by atoms with Gasteiger partial charge in [-0.15, -0.1) is 0 Å². The molecule has 2 aliphatic heterocycles. The number of hydrogen-bond donors (Lipinski definition) is 6. The quantitative estimate of drug-likeness (QED) is 0.0121. The van der Waals surface area contributed by atoms with E-state index in [1.54, 1.807) is 97.1 Å². The Hall–Kier alpha value is -8.96. The molecular weight excluding hydrogens is 1330 g/mol. The fourth-order valence-electron chi connectivity index (χ4n) is 11.8. The van der Waals surface area contributed by atoms with E-state index in [0.29, 0.717) is 47.1 Å². The van der Waals surface area contributed by atoms with Gasteiger partial charge in [-0.25, -0.2) is 9.59 Å². The van der Waals surface area contributed by atoms with Crippen LogP contribution in [0.2, 0.25) is 0 Å². The predicted octanol–water partition coefficient (Wildman–Crippen LogP) is 13.2. The summed E-state index contributed by atoms with van der Waals surface area (Å²) in [4.78, 5) is 57.2. The number of methoxy groups -OCH3 is 4. The summed E-state index contributed by atoms with van der Waals surface area (Å²) < 4.78 is 154. The molecule has 21 nitrogen and oxygen atoms in total. The summed E-state index contributed by atoms with van der Waals surface area (Å²) >= 11 is 0. The van der Waals surface area contributed by atoms with E-state index in [1.807, 2.05) is 0 Å². The zero-order valence-electron chi connectivity index (χ0n) is 56.8. The lowest BCUT2D eigenvalue weighted by Crippen LogP contribution is -2.70. The maximum absolute atomic E-state index is 14.9. The molecule has 0 aliphatic carbocycles. The van der Waals surface area contributed by atoms with Crippen LogP contribution < -0.4 is 61.7 Å². The second-order valence-corrected chi connectivity index (χ2v) is 24.5. The highest BCUT2D eigenvalue weighted by Gasteiger charge is 2.53. The molecular formula is C74H86F6N6O15. The lowest BCUT2D eigenvalue weighted by Gasteiger charge is -2.50. The number of rotatable bonds is 36. The zero-order chi connectivity index (χ0) is 71.9. The first kappa shape index (κ1) is 76.2. The minimum Gasteiger partial charge on any atom is -0.497 e. The van der Waals surface area contributed by atoms with Gasteiger partial charge in [0.05, 0.1) is 97.9 Å². The van der Waals surface area contributed by atoms with Crippen LogP contribution in [0.4, 0.5) is 58.7 Å². The summed E-state index contributed by atoms with van der Waals surface area (Å²) in [5, 5.41) is 17.1. The van der Waals surface area contributed by atoms with Crippen molar-refractivity contribution in [2.75, 3.05) is 76.1 Å². The Labute approximate surface area is 581 Å². The highest BCUT2D eigenvalue weighted by Crippen LogP contribution is 2.36. The van der Waals surface area contributed by atoms with E-state index < -0.39 is 108 Å². The highest BCUT2D eigenvalue weighted by atomic mass is 19.4. The molecule has 7 aromatic rings. The molecule has 2 saturated heterocycles. The van der Waals surface area contributed by atoms with Gasteiger partial charge in [0.25, 0.3) is 10.9 Å².